The first-order valence-electron chi connectivity index (χ1n) is 9.48. The van der Waals surface area contributed by atoms with Gasteiger partial charge in [-0.3, -0.25) is 14.8 Å². The number of alkyl halides is 6. The smallest absolute Gasteiger partial charge is 0.490 e. The molecule has 3 rings (SSSR count). The predicted molar refractivity (Wildman–Crippen MR) is 111 cm³/mol. The minimum absolute atomic E-state index is 0.125. The molecule has 0 aliphatic carbocycles. The highest BCUT2D eigenvalue weighted by molar-refractivity contribution is 5.97. The highest BCUT2D eigenvalue weighted by Gasteiger charge is 2.38. The zero-order valence-electron chi connectivity index (χ0n) is 17.9. The summed E-state index contributed by atoms with van der Waals surface area (Å²) >= 11 is 0. The summed E-state index contributed by atoms with van der Waals surface area (Å²) < 4.78 is 68.9. The number of carbonyl (C=O) groups is 3. The topological polar surface area (TPSA) is 139 Å². The van der Waals surface area contributed by atoms with Crippen LogP contribution in [0.3, 0.4) is 0 Å². The highest BCUT2D eigenvalue weighted by atomic mass is 19.4. The van der Waals surface area contributed by atoms with E-state index < -0.39 is 24.3 Å². The molecule has 0 saturated carbocycles. The molecule has 1 amide bonds. The van der Waals surface area contributed by atoms with E-state index in [1.54, 1.807) is 30.7 Å². The summed E-state index contributed by atoms with van der Waals surface area (Å²) in [5.41, 5.74) is 1.49. The van der Waals surface area contributed by atoms with Gasteiger partial charge in [0.05, 0.1) is 18.3 Å². The Labute approximate surface area is 198 Å². The van der Waals surface area contributed by atoms with E-state index in [1.807, 2.05) is 30.3 Å². The van der Waals surface area contributed by atoms with Gasteiger partial charge in [0.15, 0.2) is 0 Å². The number of aromatic nitrogens is 2. The van der Waals surface area contributed by atoms with E-state index in [4.69, 9.17) is 24.5 Å². The number of ether oxygens (including phenoxy) is 1. The minimum atomic E-state index is -5.08. The van der Waals surface area contributed by atoms with Crippen LogP contribution < -0.4 is 10.1 Å². The number of carboxylic acids is 2. The van der Waals surface area contributed by atoms with Crippen LogP contribution in [-0.4, -0.2) is 63.5 Å². The Hall–Kier alpha value is -4.43. The fraction of sp³-hybridized carbons (Fsp3) is 0.190. The molecular weight excluding hydrogens is 504 g/mol. The maximum absolute atomic E-state index is 12.1. The van der Waals surface area contributed by atoms with E-state index in [2.05, 4.69) is 15.3 Å². The molecule has 0 fully saturated rings. The van der Waals surface area contributed by atoms with Crippen molar-refractivity contribution in [2.75, 3.05) is 13.2 Å². The van der Waals surface area contributed by atoms with Gasteiger partial charge in [0.1, 0.15) is 12.4 Å². The number of nitrogens with zero attached hydrogens (tertiary/aromatic N) is 2. The zero-order valence-corrected chi connectivity index (χ0v) is 17.9. The second-order valence-corrected chi connectivity index (χ2v) is 6.31. The Morgan fingerprint density at radius 1 is 0.889 bits per heavy atom. The molecule has 0 bridgehead atoms. The number of rotatable bonds is 5. The van der Waals surface area contributed by atoms with Crippen molar-refractivity contribution < 1.29 is 55.7 Å². The van der Waals surface area contributed by atoms with Gasteiger partial charge in [0.25, 0.3) is 5.91 Å². The lowest BCUT2D eigenvalue weighted by molar-refractivity contribution is -0.193. The molecule has 2 aromatic heterocycles. The molecule has 0 atom stereocenters. The average molecular weight is 521 g/mol. The molecule has 0 aliphatic heterocycles. The fourth-order valence-electron chi connectivity index (χ4n) is 2.08. The van der Waals surface area contributed by atoms with Crippen molar-refractivity contribution in [1.29, 1.82) is 0 Å². The van der Waals surface area contributed by atoms with Gasteiger partial charge in [-0.05, 0) is 36.4 Å². The number of benzene rings is 1. The molecule has 0 aliphatic rings. The normalized spacial score (nSPS) is 10.7. The number of halogens is 6. The molecule has 0 radical (unpaired) electrons. The Morgan fingerprint density at radius 3 is 2.00 bits per heavy atom. The van der Waals surface area contributed by atoms with E-state index in [-0.39, 0.29) is 5.91 Å². The van der Waals surface area contributed by atoms with Gasteiger partial charge in [0, 0.05) is 23.3 Å². The summed E-state index contributed by atoms with van der Waals surface area (Å²) in [5.74, 6) is -4.95. The maximum atomic E-state index is 12.1. The maximum Gasteiger partial charge on any atom is 0.490 e. The molecule has 3 aromatic rings. The third-order valence-corrected chi connectivity index (χ3v) is 3.64. The number of hydrogen-bond acceptors (Lipinski definition) is 6. The van der Waals surface area contributed by atoms with Crippen molar-refractivity contribution in [3.05, 3.63) is 66.6 Å². The molecule has 1 aromatic carbocycles. The fourth-order valence-corrected chi connectivity index (χ4v) is 2.08. The number of fused-ring (bicyclic) bond motifs is 1. The van der Waals surface area contributed by atoms with Gasteiger partial charge in [-0.2, -0.15) is 26.3 Å². The quantitative estimate of drug-likeness (QED) is 0.341. The highest BCUT2D eigenvalue weighted by Crippen LogP contribution is 2.14. The standard InChI is InChI=1S/C17H15N3O2.2C2HF3O2/c21-17(20-9-10-22-15-4-2-7-18-12-15)14-5-6-16-13(11-14)3-1-8-19-16;2*3-2(4,5)1(6)7/h1-8,11-12H,9-10H2,(H,20,21);2*(H,6,7). The lowest BCUT2D eigenvalue weighted by Crippen LogP contribution is -2.28. The zero-order chi connectivity index (χ0) is 27.4. The third-order valence-electron chi connectivity index (χ3n) is 3.64. The predicted octanol–water partition coefficient (Wildman–Crippen LogP) is 3.71. The van der Waals surface area contributed by atoms with Gasteiger partial charge >= 0.3 is 24.3 Å². The van der Waals surface area contributed by atoms with Crippen molar-refractivity contribution in [1.82, 2.24) is 15.3 Å². The Kier molecular flexibility index (Phi) is 11.1. The summed E-state index contributed by atoms with van der Waals surface area (Å²) in [5, 5.41) is 18.0. The van der Waals surface area contributed by atoms with E-state index in [1.165, 1.54) is 0 Å². The molecule has 9 nitrogen and oxygen atoms in total. The van der Waals surface area contributed by atoms with Crippen molar-refractivity contribution in [3.63, 3.8) is 0 Å². The molecule has 3 N–H and O–H groups in total. The van der Waals surface area contributed by atoms with Crippen LogP contribution in [0, 0.1) is 0 Å². The summed E-state index contributed by atoms with van der Waals surface area (Å²) in [4.78, 5) is 38.1. The van der Waals surface area contributed by atoms with Gasteiger partial charge in [-0.15, -0.1) is 0 Å². The van der Waals surface area contributed by atoms with Crippen LogP contribution in [0.1, 0.15) is 10.4 Å². The number of aliphatic carboxylic acids is 2. The Morgan fingerprint density at radius 2 is 1.47 bits per heavy atom. The number of carbonyl (C=O) groups excluding carboxylic acids is 1. The largest absolute Gasteiger partial charge is 0.490 e. The van der Waals surface area contributed by atoms with Crippen LogP contribution in [0.4, 0.5) is 26.3 Å². The number of carboxylic acid groups (broad SMARTS) is 2. The third kappa shape index (κ3) is 11.1. The Bertz CT molecular complexity index is 1130. The molecule has 0 saturated heterocycles. The average Bonchev–Trinajstić information content (AvgIpc) is 2.81. The summed E-state index contributed by atoms with van der Waals surface area (Å²) in [6.07, 6.45) is -5.11. The van der Waals surface area contributed by atoms with Crippen LogP contribution in [0.15, 0.2) is 61.1 Å². The van der Waals surface area contributed by atoms with E-state index in [9.17, 15) is 31.1 Å². The molecule has 2 heterocycles. The van der Waals surface area contributed by atoms with E-state index in [0.717, 1.165) is 10.9 Å². The van der Waals surface area contributed by atoms with Crippen LogP contribution in [-0.2, 0) is 9.59 Å². The summed E-state index contributed by atoms with van der Waals surface area (Å²) in [6, 6.07) is 12.9. The first-order chi connectivity index (χ1) is 16.7. The molecule has 0 spiro atoms. The second kappa shape index (κ2) is 13.5. The lowest BCUT2D eigenvalue weighted by atomic mass is 10.1. The van der Waals surface area contributed by atoms with E-state index in [0.29, 0.717) is 24.5 Å². The molecule has 36 heavy (non-hydrogen) atoms. The van der Waals surface area contributed by atoms with Gasteiger partial charge in [-0.1, -0.05) is 6.07 Å². The molecule has 0 unspecified atom stereocenters. The second-order valence-electron chi connectivity index (χ2n) is 6.31. The van der Waals surface area contributed by atoms with Crippen molar-refractivity contribution in [2.45, 2.75) is 12.4 Å². The van der Waals surface area contributed by atoms with Gasteiger partial charge < -0.3 is 20.3 Å². The monoisotopic (exact) mass is 521 g/mol. The number of pyridine rings is 2. The minimum Gasteiger partial charge on any atom is -0.490 e. The lowest BCUT2D eigenvalue weighted by Gasteiger charge is -2.08. The molecule has 194 valence electrons. The van der Waals surface area contributed by atoms with Crippen molar-refractivity contribution in [3.8, 4) is 5.75 Å². The van der Waals surface area contributed by atoms with Crippen LogP contribution in [0.25, 0.3) is 10.9 Å². The van der Waals surface area contributed by atoms with Crippen LogP contribution in [0.2, 0.25) is 0 Å². The van der Waals surface area contributed by atoms with Crippen molar-refractivity contribution >= 4 is 28.7 Å². The van der Waals surface area contributed by atoms with Crippen LogP contribution >= 0.6 is 0 Å². The summed E-state index contributed by atoms with van der Waals surface area (Å²) in [7, 11) is 0. The summed E-state index contributed by atoms with van der Waals surface area (Å²) in [6.45, 7) is 0.825. The van der Waals surface area contributed by atoms with Crippen LogP contribution in [0.5, 0.6) is 5.75 Å². The van der Waals surface area contributed by atoms with Crippen molar-refractivity contribution in [2.24, 2.45) is 0 Å². The van der Waals surface area contributed by atoms with E-state index >= 15 is 0 Å². The number of nitrogens with one attached hydrogen (secondary N) is 1. The van der Waals surface area contributed by atoms with Gasteiger partial charge in [-0.25, -0.2) is 9.59 Å². The number of amides is 1. The SMILES string of the molecule is O=C(NCCOc1cccnc1)c1ccc2ncccc2c1.O=C(O)C(F)(F)F.O=C(O)C(F)(F)F. The Balaban J connectivity index is 0.000000383. The van der Waals surface area contributed by atoms with Gasteiger partial charge in [0.2, 0.25) is 0 Å². The first kappa shape index (κ1) is 29.6. The molecule has 15 heteroatoms. The molecular formula is C21H17F6N3O6. The number of hydrogen-bond donors (Lipinski definition) is 3. The first-order valence-corrected chi connectivity index (χ1v) is 9.48.